The lowest BCUT2D eigenvalue weighted by Crippen LogP contribution is -2.15. The molecule has 1 aromatic carbocycles. The molecule has 1 N–H and O–H groups in total. The fraction of sp³-hybridized carbons (Fsp3) is 0.438. The van der Waals surface area contributed by atoms with Crippen LogP contribution in [0, 0.1) is 0 Å². The Morgan fingerprint density at radius 1 is 1.35 bits per heavy atom. The van der Waals surface area contributed by atoms with E-state index < -0.39 is 0 Å². The van der Waals surface area contributed by atoms with Gasteiger partial charge in [0.15, 0.2) is 0 Å². The quantitative estimate of drug-likeness (QED) is 0.597. The maximum absolute atomic E-state index is 4.06. The van der Waals surface area contributed by atoms with Crippen molar-refractivity contribution in [1.82, 2.24) is 14.9 Å². The predicted octanol–water partition coefficient (Wildman–Crippen LogP) is 3.32. The Balaban J connectivity index is 1.40. The van der Waals surface area contributed by atoms with Crippen LogP contribution in [-0.4, -0.2) is 21.3 Å². The molecule has 0 spiro atoms. The van der Waals surface area contributed by atoms with E-state index in [1.165, 1.54) is 29.7 Å². The maximum atomic E-state index is 4.06. The molecule has 3 nitrogen and oxygen atoms in total. The number of aromatic nitrogens is 2. The lowest BCUT2D eigenvalue weighted by Gasteiger charge is -2.06. The second kappa shape index (κ2) is 6.95. The first-order valence-corrected chi connectivity index (χ1v) is 8.29. The second-order valence-corrected chi connectivity index (χ2v) is 6.47. The van der Waals surface area contributed by atoms with Gasteiger partial charge in [0.2, 0.25) is 0 Å². The van der Waals surface area contributed by atoms with E-state index >= 15 is 0 Å². The second-order valence-electron chi connectivity index (χ2n) is 5.31. The molecule has 1 aromatic heterocycles. The van der Waals surface area contributed by atoms with E-state index in [9.17, 15) is 0 Å². The van der Waals surface area contributed by atoms with Crippen LogP contribution in [0.25, 0.3) is 0 Å². The van der Waals surface area contributed by atoms with Crippen LogP contribution in [0.4, 0.5) is 0 Å². The summed E-state index contributed by atoms with van der Waals surface area (Å²) in [6, 6.07) is 9.69. The fourth-order valence-corrected chi connectivity index (χ4v) is 3.07. The highest BCUT2D eigenvalue weighted by molar-refractivity contribution is 7.99. The van der Waals surface area contributed by atoms with E-state index in [0.29, 0.717) is 0 Å². The molecule has 0 aliphatic heterocycles. The largest absolute Gasteiger partial charge is 0.337 e. The van der Waals surface area contributed by atoms with Crippen LogP contribution in [0.1, 0.15) is 24.8 Å². The number of thioether (sulfide) groups is 1. The minimum absolute atomic E-state index is 0.779. The van der Waals surface area contributed by atoms with Crippen molar-refractivity contribution in [2.45, 2.75) is 43.3 Å². The third kappa shape index (κ3) is 4.39. The Labute approximate surface area is 124 Å². The molecule has 20 heavy (non-hydrogen) atoms. The van der Waals surface area contributed by atoms with Gasteiger partial charge in [-0.1, -0.05) is 12.1 Å². The van der Waals surface area contributed by atoms with E-state index in [1.54, 1.807) is 0 Å². The summed E-state index contributed by atoms with van der Waals surface area (Å²) in [6.07, 6.45) is 9.62. The van der Waals surface area contributed by atoms with Crippen LogP contribution < -0.4 is 5.32 Å². The van der Waals surface area contributed by atoms with Crippen molar-refractivity contribution in [1.29, 1.82) is 0 Å². The van der Waals surface area contributed by atoms with E-state index in [2.05, 4.69) is 39.1 Å². The third-order valence-corrected chi connectivity index (χ3v) is 4.54. The predicted molar refractivity (Wildman–Crippen MR) is 83.9 cm³/mol. The Morgan fingerprint density at radius 3 is 3.10 bits per heavy atom. The topological polar surface area (TPSA) is 29.9 Å². The van der Waals surface area contributed by atoms with Crippen LogP contribution in [-0.2, 0) is 13.1 Å². The molecule has 106 valence electrons. The number of hydrogen-bond donors (Lipinski definition) is 1. The standard InChI is InChI=1S/C16H21N3S/c1-3-14(12-18-15-5-6-15)11-16(4-1)20-10-2-8-19-9-7-17-13-19/h1,3-4,7,9,11,13,15,18H,2,5-6,8,10,12H2. The average molecular weight is 287 g/mol. The lowest BCUT2D eigenvalue weighted by molar-refractivity contribution is 0.683. The molecule has 1 heterocycles. The van der Waals surface area contributed by atoms with Crippen molar-refractivity contribution < 1.29 is 0 Å². The summed E-state index contributed by atoms with van der Waals surface area (Å²) in [5.41, 5.74) is 1.40. The van der Waals surface area contributed by atoms with Gasteiger partial charge in [-0.05, 0) is 42.7 Å². The van der Waals surface area contributed by atoms with E-state index in [0.717, 1.165) is 24.9 Å². The number of hydrogen-bond acceptors (Lipinski definition) is 3. The molecule has 4 heteroatoms. The van der Waals surface area contributed by atoms with Crippen molar-refractivity contribution in [3.8, 4) is 0 Å². The zero-order valence-electron chi connectivity index (χ0n) is 11.7. The molecule has 0 bridgehead atoms. The molecule has 1 aliphatic carbocycles. The van der Waals surface area contributed by atoms with Crippen LogP contribution >= 0.6 is 11.8 Å². The van der Waals surface area contributed by atoms with Gasteiger partial charge in [-0.25, -0.2) is 4.98 Å². The molecule has 3 rings (SSSR count). The number of rotatable bonds is 8. The molecular formula is C16H21N3S. The molecule has 0 atom stereocenters. The van der Waals surface area contributed by atoms with Crippen LogP contribution in [0.5, 0.6) is 0 Å². The molecule has 1 fully saturated rings. The normalized spacial score (nSPS) is 14.6. The Morgan fingerprint density at radius 2 is 2.30 bits per heavy atom. The van der Waals surface area contributed by atoms with Gasteiger partial charge in [-0.15, -0.1) is 11.8 Å². The molecule has 1 aliphatic rings. The third-order valence-electron chi connectivity index (χ3n) is 3.46. The molecular weight excluding hydrogens is 266 g/mol. The van der Waals surface area contributed by atoms with E-state index in [4.69, 9.17) is 0 Å². The fourth-order valence-electron chi connectivity index (χ4n) is 2.15. The van der Waals surface area contributed by atoms with Gasteiger partial charge in [0.1, 0.15) is 0 Å². The summed E-state index contributed by atoms with van der Waals surface area (Å²) in [5.74, 6) is 1.15. The SMILES string of the molecule is c1cc(CNC2CC2)cc(SCCCn2ccnc2)c1. The maximum Gasteiger partial charge on any atom is 0.0945 e. The first-order valence-electron chi connectivity index (χ1n) is 7.31. The Kier molecular flexibility index (Phi) is 4.77. The smallest absolute Gasteiger partial charge is 0.0945 e. The summed E-state index contributed by atoms with van der Waals surface area (Å²) < 4.78 is 2.14. The monoisotopic (exact) mass is 287 g/mol. The first kappa shape index (κ1) is 13.7. The van der Waals surface area contributed by atoms with Gasteiger partial charge >= 0.3 is 0 Å². The minimum atomic E-state index is 0.779. The number of benzene rings is 1. The van der Waals surface area contributed by atoms with Gasteiger partial charge < -0.3 is 9.88 Å². The molecule has 0 saturated heterocycles. The van der Waals surface area contributed by atoms with Crippen molar-refractivity contribution in [2.24, 2.45) is 0 Å². The molecule has 0 radical (unpaired) electrons. The summed E-state index contributed by atoms with van der Waals surface area (Å²) in [6.45, 7) is 2.06. The van der Waals surface area contributed by atoms with Crippen molar-refractivity contribution in [2.75, 3.05) is 5.75 Å². The highest BCUT2D eigenvalue weighted by Crippen LogP contribution is 2.22. The zero-order valence-corrected chi connectivity index (χ0v) is 12.5. The van der Waals surface area contributed by atoms with E-state index in [1.807, 2.05) is 30.5 Å². The van der Waals surface area contributed by atoms with Gasteiger partial charge in [-0.2, -0.15) is 0 Å². The van der Waals surface area contributed by atoms with Crippen molar-refractivity contribution >= 4 is 11.8 Å². The van der Waals surface area contributed by atoms with Crippen LogP contribution in [0.15, 0.2) is 47.9 Å². The molecule has 1 saturated carbocycles. The van der Waals surface area contributed by atoms with Gasteiger partial charge in [0, 0.05) is 36.4 Å². The number of nitrogens with zero attached hydrogens (tertiary/aromatic N) is 2. The number of imidazole rings is 1. The molecule has 2 aromatic rings. The summed E-state index contributed by atoms with van der Waals surface area (Å²) >= 11 is 1.94. The Hall–Kier alpha value is -1.26. The summed E-state index contributed by atoms with van der Waals surface area (Å²) in [4.78, 5) is 5.44. The van der Waals surface area contributed by atoms with Gasteiger partial charge in [-0.3, -0.25) is 0 Å². The highest BCUT2D eigenvalue weighted by atomic mass is 32.2. The molecule has 0 amide bonds. The summed E-state index contributed by atoms with van der Waals surface area (Å²) in [7, 11) is 0. The van der Waals surface area contributed by atoms with E-state index in [-0.39, 0.29) is 0 Å². The van der Waals surface area contributed by atoms with Crippen molar-refractivity contribution in [3.63, 3.8) is 0 Å². The lowest BCUT2D eigenvalue weighted by atomic mass is 10.2. The Bertz CT molecular complexity index is 520. The highest BCUT2D eigenvalue weighted by Gasteiger charge is 2.19. The number of aryl methyl sites for hydroxylation is 1. The van der Waals surface area contributed by atoms with Crippen molar-refractivity contribution in [3.05, 3.63) is 48.5 Å². The first-order chi connectivity index (χ1) is 9.90. The van der Waals surface area contributed by atoms with Crippen LogP contribution in [0.3, 0.4) is 0 Å². The molecule has 0 unspecified atom stereocenters. The summed E-state index contributed by atoms with van der Waals surface area (Å²) in [5, 5.41) is 3.57. The number of nitrogens with one attached hydrogen (secondary N) is 1. The van der Waals surface area contributed by atoms with Gasteiger partial charge in [0.05, 0.1) is 6.33 Å². The average Bonchev–Trinajstić information content (AvgIpc) is 3.17. The minimum Gasteiger partial charge on any atom is -0.337 e. The van der Waals surface area contributed by atoms with Crippen LogP contribution in [0.2, 0.25) is 0 Å². The van der Waals surface area contributed by atoms with Gasteiger partial charge in [0.25, 0.3) is 0 Å². The zero-order chi connectivity index (χ0) is 13.6.